The van der Waals surface area contributed by atoms with Crippen LogP contribution in [0.25, 0.3) is 22.2 Å². The molecular formula is C20H19BrClN. The van der Waals surface area contributed by atoms with Gasteiger partial charge in [-0.15, -0.1) is 0 Å². The molecule has 0 radical (unpaired) electrons. The minimum Gasteiger partial charge on any atom is -0.248 e. The lowest BCUT2D eigenvalue weighted by molar-refractivity contribution is 0.717. The van der Waals surface area contributed by atoms with Gasteiger partial charge in [0.05, 0.1) is 11.2 Å². The Balaban J connectivity index is 2.12. The molecule has 118 valence electrons. The van der Waals surface area contributed by atoms with Gasteiger partial charge in [-0.3, -0.25) is 0 Å². The number of hydrogen-bond acceptors (Lipinski definition) is 1. The summed E-state index contributed by atoms with van der Waals surface area (Å²) in [7, 11) is 0. The molecule has 0 aliphatic carbocycles. The third-order valence-electron chi connectivity index (χ3n) is 4.00. The lowest BCUT2D eigenvalue weighted by Crippen LogP contribution is -1.95. The summed E-state index contributed by atoms with van der Waals surface area (Å²) >= 11 is 9.70. The number of rotatable bonds is 5. The summed E-state index contributed by atoms with van der Waals surface area (Å²) in [6, 6.07) is 16.5. The molecule has 1 nitrogen and oxygen atoms in total. The van der Waals surface area contributed by atoms with E-state index in [-0.39, 0.29) is 0 Å². The van der Waals surface area contributed by atoms with Crippen LogP contribution < -0.4 is 0 Å². The van der Waals surface area contributed by atoms with Gasteiger partial charge in [0.15, 0.2) is 0 Å². The van der Waals surface area contributed by atoms with Crippen molar-refractivity contribution in [1.29, 1.82) is 0 Å². The average Bonchev–Trinajstić information content (AvgIpc) is 2.54. The predicted molar refractivity (Wildman–Crippen MR) is 103 cm³/mol. The Hall–Kier alpha value is -1.38. The second kappa shape index (κ2) is 7.46. The highest BCUT2D eigenvalue weighted by Crippen LogP contribution is 2.30. The molecule has 2 aromatic carbocycles. The zero-order valence-electron chi connectivity index (χ0n) is 13.2. The second-order valence-electron chi connectivity index (χ2n) is 5.80. The molecule has 3 rings (SSSR count). The van der Waals surface area contributed by atoms with Crippen molar-refractivity contribution < 1.29 is 0 Å². The van der Waals surface area contributed by atoms with E-state index in [4.69, 9.17) is 16.6 Å². The largest absolute Gasteiger partial charge is 0.248 e. The number of nitrogens with zero attached hydrogens (tertiary/aromatic N) is 1. The van der Waals surface area contributed by atoms with Crippen molar-refractivity contribution in [2.45, 2.75) is 32.6 Å². The van der Waals surface area contributed by atoms with Gasteiger partial charge in [-0.25, -0.2) is 4.98 Å². The molecule has 0 unspecified atom stereocenters. The van der Waals surface area contributed by atoms with E-state index < -0.39 is 0 Å². The van der Waals surface area contributed by atoms with Crippen LogP contribution in [0, 0.1) is 0 Å². The first-order chi connectivity index (χ1) is 11.2. The Kier molecular flexibility index (Phi) is 5.34. The predicted octanol–water partition coefficient (Wildman–Crippen LogP) is 7.05. The van der Waals surface area contributed by atoms with E-state index in [0.717, 1.165) is 38.1 Å². The van der Waals surface area contributed by atoms with Gasteiger partial charge in [0, 0.05) is 20.4 Å². The Morgan fingerprint density at radius 3 is 2.70 bits per heavy atom. The number of pyridine rings is 1. The van der Waals surface area contributed by atoms with Gasteiger partial charge < -0.3 is 0 Å². The third kappa shape index (κ3) is 3.94. The van der Waals surface area contributed by atoms with Gasteiger partial charge in [-0.1, -0.05) is 59.4 Å². The number of unbranched alkanes of at least 4 members (excludes halogenated alkanes) is 2. The number of benzene rings is 2. The van der Waals surface area contributed by atoms with Crippen molar-refractivity contribution >= 4 is 38.4 Å². The number of hydrogen-bond donors (Lipinski definition) is 0. The van der Waals surface area contributed by atoms with Crippen LogP contribution in [0.3, 0.4) is 0 Å². The van der Waals surface area contributed by atoms with Crippen molar-refractivity contribution in [3.63, 3.8) is 0 Å². The molecule has 0 atom stereocenters. The zero-order valence-corrected chi connectivity index (χ0v) is 15.5. The standard InChI is InChI=1S/C20H19BrClN/c1-2-3-4-6-14-11-16-13-18(22)9-10-19(16)23-20(14)15-7-5-8-17(21)12-15/h5,7-13H,2-4,6H2,1H3. The topological polar surface area (TPSA) is 12.9 Å². The summed E-state index contributed by atoms with van der Waals surface area (Å²) in [5.41, 5.74) is 4.52. The molecule has 0 amide bonds. The van der Waals surface area contributed by atoms with Crippen molar-refractivity contribution in [3.05, 3.63) is 63.6 Å². The molecule has 0 aliphatic heterocycles. The molecule has 1 aromatic heterocycles. The minimum atomic E-state index is 0.758. The molecule has 1 heterocycles. The summed E-state index contributed by atoms with van der Waals surface area (Å²) in [6.07, 6.45) is 4.70. The minimum absolute atomic E-state index is 0.758. The summed E-state index contributed by atoms with van der Waals surface area (Å²) < 4.78 is 1.08. The second-order valence-corrected chi connectivity index (χ2v) is 7.15. The van der Waals surface area contributed by atoms with Crippen LogP contribution in [-0.4, -0.2) is 4.98 Å². The first-order valence-electron chi connectivity index (χ1n) is 8.02. The highest BCUT2D eigenvalue weighted by atomic mass is 79.9. The lowest BCUT2D eigenvalue weighted by atomic mass is 9.99. The molecule has 0 fully saturated rings. The van der Waals surface area contributed by atoms with E-state index in [1.807, 2.05) is 24.3 Å². The number of aryl methyl sites for hydroxylation is 1. The highest BCUT2D eigenvalue weighted by Gasteiger charge is 2.10. The van der Waals surface area contributed by atoms with Gasteiger partial charge in [0.2, 0.25) is 0 Å². The van der Waals surface area contributed by atoms with Crippen LogP contribution in [0.4, 0.5) is 0 Å². The normalized spacial score (nSPS) is 11.1. The Labute approximate surface area is 150 Å². The fourth-order valence-corrected chi connectivity index (χ4v) is 3.41. The SMILES string of the molecule is CCCCCc1cc2cc(Cl)ccc2nc1-c1cccc(Br)c1. The van der Waals surface area contributed by atoms with Gasteiger partial charge >= 0.3 is 0 Å². The van der Waals surface area contributed by atoms with E-state index in [9.17, 15) is 0 Å². The third-order valence-corrected chi connectivity index (χ3v) is 4.73. The molecule has 3 heteroatoms. The Morgan fingerprint density at radius 2 is 1.91 bits per heavy atom. The molecule has 0 saturated heterocycles. The molecule has 0 bridgehead atoms. The fraction of sp³-hybridized carbons (Fsp3) is 0.250. The molecule has 23 heavy (non-hydrogen) atoms. The molecule has 3 aromatic rings. The molecular weight excluding hydrogens is 370 g/mol. The monoisotopic (exact) mass is 387 g/mol. The van der Waals surface area contributed by atoms with E-state index in [2.05, 4.69) is 47.1 Å². The van der Waals surface area contributed by atoms with Crippen molar-refractivity contribution in [3.8, 4) is 11.3 Å². The summed E-state index contributed by atoms with van der Waals surface area (Å²) in [6.45, 7) is 2.23. The number of fused-ring (bicyclic) bond motifs is 1. The maximum absolute atomic E-state index is 6.14. The van der Waals surface area contributed by atoms with E-state index >= 15 is 0 Å². The van der Waals surface area contributed by atoms with Gasteiger partial charge in [-0.2, -0.15) is 0 Å². The highest BCUT2D eigenvalue weighted by molar-refractivity contribution is 9.10. The zero-order chi connectivity index (χ0) is 16.2. The Bertz CT molecular complexity index is 829. The summed E-state index contributed by atoms with van der Waals surface area (Å²) in [4.78, 5) is 4.93. The maximum atomic E-state index is 6.14. The van der Waals surface area contributed by atoms with Crippen LogP contribution in [0.5, 0.6) is 0 Å². The van der Waals surface area contributed by atoms with Crippen LogP contribution in [0.15, 0.2) is 53.0 Å². The summed E-state index contributed by atoms with van der Waals surface area (Å²) in [5, 5.41) is 1.87. The van der Waals surface area contributed by atoms with Crippen molar-refractivity contribution in [1.82, 2.24) is 4.98 Å². The Morgan fingerprint density at radius 1 is 1.04 bits per heavy atom. The van der Waals surface area contributed by atoms with E-state index in [1.165, 1.54) is 24.8 Å². The van der Waals surface area contributed by atoms with Crippen LogP contribution in [0.1, 0.15) is 31.7 Å². The lowest BCUT2D eigenvalue weighted by Gasteiger charge is -2.12. The fourth-order valence-electron chi connectivity index (χ4n) is 2.83. The van der Waals surface area contributed by atoms with Gasteiger partial charge in [0.1, 0.15) is 0 Å². The smallest absolute Gasteiger partial charge is 0.0742 e. The van der Waals surface area contributed by atoms with Gasteiger partial charge in [0.25, 0.3) is 0 Å². The number of aromatic nitrogens is 1. The summed E-state index contributed by atoms with van der Waals surface area (Å²) in [5.74, 6) is 0. The van der Waals surface area contributed by atoms with Crippen LogP contribution >= 0.6 is 27.5 Å². The molecule has 0 N–H and O–H groups in total. The number of halogens is 2. The van der Waals surface area contributed by atoms with Gasteiger partial charge in [-0.05, 0) is 54.8 Å². The van der Waals surface area contributed by atoms with Crippen molar-refractivity contribution in [2.75, 3.05) is 0 Å². The maximum Gasteiger partial charge on any atom is 0.0742 e. The van der Waals surface area contributed by atoms with E-state index in [0.29, 0.717) is 0 Å². The molecule has 0 saturated carbocycles. The quantitative estimate of drug-likeness (QED) is 0.427. The molecule has 0 spiro atoms. The average molecular weight is 389 g/mol. The van der Waals surface area contributed by atoms with Crippen molar-refractivity contribution in [2.24, 2.45) is 0 Å². The van der Waals surface area contributed by atoms with Crippen LogP contribution in [0.2, 0.25) is 5.02 Å². The van der Waals surface area contributed by atoms with E-state index in [1.54, 1.807) is 0 Å². The first-order valence-corrected chi connectivity index (χ1v) is 9.19. The van der Waals surface area contributed by atoms with Crippen LogP contribution in [-0.2, 0) is 6.42 Å². The first kappa shape index (κ1) is 16.5. The molecule has 0 aliphatic rings.